The minimum absolute atomic E-state index is 0.161. The Balaban J connectivity index is 3.42. The molecule has 1 aromatic rings. The lowest BCUT2D eigenvalue weighted by atomic mass is 10.1. The van der Waals surface area contributed by atoms with Gasteiger partial charge in [0.1, 0.15) is 0 Å². The molecule has 0 aliphatic heterocycles. The molecular formula is C11H10O3. The predicted octanol–water partition coefficient (Wildman–Crippen LogP) is 2.01. The fourth-order valence-electron chi connectivity index (χ4n) is 1.13. The molecule has 14 heavy (non-hydrogen) atoms. The molecule has 0 aliphatic carbocycles. The number of phenols is 1. The summed E-state index contributed by atoms with van der Waals surface area (Å²) < 4.78 is 4.86. The Morgan fingerprint density at radius 1 is 1.57 bits per heavy atom. The second-order valence-electron chi connectivity index (χ2n) is 2.59. The summed E-state index contributed by atoms with van der Waals surface area (Å²) in [5, 5.41) is 9.57. The molecule has 1 rings (SSSR count). The summed E-state index contributed by atoms with van der Waals surface area (Å²) in [4.78, 5) is 10.7. The van der Waals surface area contributed by atoms with Gasteiger partial charge in [-0.15, -0.1) is 5.73 Å². The molecule has 0 amide bonds. The monoisotopic (exact) mass is 190 g/mol. The van der Waals surface area contributed by atoms with Crippen LogP contribution in [0.2, 0.25) is 0 Å². The van der Waals surface area contributed by atoms with Gasteiger partial charge >= 0.3 is 0 Å². The van der Waals surface area contributed by atoms with Crippen molar-refractivity contribution >= 4 is 12.4 Å². The summed E-state index contributed by atoms with van der Waals surface area (Å²) in [6, 6.07) is 3.23. The predicted molar refractivity (Wildman–Crippen MR) is 53.7 cm³/mol. The Morgan fingerprint density at radius 2 is 2.29 bits per heavy atom. The average molecular weight is 190 g/mol. The Hall–Kier alpha value is -1.99. The lowest BCUT2D eigenvalue weighted by Gasteiger charge is -2.06. The Bertz CT molecular complexity index is 401. The smallest absolute Gasteiger partial charge is 0.169 e. The van der Waals surface area contributed by atoms with E-state index in [4.69, 9.17) is 4.74 Å². The maximum atomic E-state index is 10.7. The van der Waals surface area contributed by atoms with Crippen LogP contribution in [-0.2, 0) is 0 Å². The van der Waals surface area contributed by atoms with Gasteiger partial charge in [0.15, 0.2) is 17.8 Å². The lowest BCUT2D eigenvalue weighted by molar-refractivity contribution is 0.112. The molecule has 0 bridgehead atoms. The third-order valence-electron chi connectivity index (χ3n) is 1.81. The van der Waals surface area contributed by atoms with E-state index in [1.54, 1.807) is 12.1 Å². The van der Waals surface area contributed by atoms with Crippen LogP contribution in [0.3, 0.4) is 0 Å². The quantitative estimate of drug-likeness (QED) is 0.585. The number of aldehydes is 1. The minimum Gasteiger partial charge on any atom is -0.504 e. The van der Waals surface area contributed by atoms with Gasteiger partial charge in [0.05, 0.1) is 12.7 Å². The van der Waals surface area contributed by atoms with Crippen molar-refractivity contribution in [2.75, 3.05) is 7.11 Å². The van der Waals surface area contributed by atoms with Crippen LogP contribution in [-0.4, -0.2) is 18.5 Å². The van der Waals surface area contributed by atoms with Crippen LogP contribution in [0.15, 0.2) is 24.4 Å². The first-order valence-corrected chi connectivity index (χ1v) is 3.95. The van der Waals surface area contributed by atoms with Crippen LogP contribution in [0.5, 0.6) is 11.5 Å². The number of methoxy groups -OCH3 is 1. The number of carbonyl (C=O) groups excluding carboxylic acids is 1. The van der Waals surface area contributed by atoms with E-state index >= 15 is 0 Å². The van der Waals surface area contributed by atoms with Crippen molar-refractivity contribution in [1.29, 1.82) is 0 Å². The van der Waals surface area contributed by atoms with Crippen molar-refractivity contribution < 1.29 is 14.6 Å². The van der Waals surface area contributed by atoms with Crippen LogP contribution in [0.1, 0.15) is 15.9 Å². The maximum absolute atomic E-state index is 10.7. The van der Waals surface area contributed by atoms with Gasteiger partial charge < -0.3 is 9.84 Å². The van der Waals surface area contributed by atoms with E-state index in [-0.39, 0.29) is 17.1 Å². The molecule has 0 fully saturated rings. The molecule has 0 aliphatic rings. The summed E-state index contributed by atoms with van der Waals surface area (Å²) in [6.45, 7) is 3.39. The zero-order valence-electron chi connectivity index (χ0n) is 7.78. The van der Waals surface area contributed by atoms with Gasteiger partial charge in [0.25, 0.3) is 0 Å². The zero-order valence-corrected chi connectivity index (χ0v) is 7.78. The fraction of sp³-hybridized carbons (Fsp3) is 0.0909. The van der Waals surface area contributed by atoms with E-state index in [0.717, 1.165) is 0 Å². The van der Waals surface area contributed by atoms with Gasteiger partial charge in [-0.3, -0.25) is 4.79 Å². The minimum atomic E-state index is -0.161. The standard InChI is InChI=1S/C11H10O3/c1-3-4-8-5-6-10(14-2)11(13)9(8)7-12/h4-7,13H,1H2,2H3. The molecule has 0 atom stereocenters. The molecule has 0 saturated heterocycles. The summed E-state index contributed by atoms with van der Waals surface area (Å²) in [5.41, 5.74) is 3.28. The van der Waals surface area contributed by atoms with Gasteiger partial charge in [0.2, 0.25) is 0 Å². The molecule has 0 unspecified atom stereocenters. The number of hydrogen-bond donors (Lipinski definition) is 1. The molecule has 0 saturated carbocycles. The Labute approximate surface area is 81.9 Å². The first-order valence-electron chi connectivity index (χ1n) is 3.95. The first-order chi connectivity index (χ1) is 6.74. The topological polar surface area (TPSA) is 46.5 Å². The lowest BCUT2D eigenvalue weighted by Crippen LogP contribution is -1.91. The highest BCUT2D eigenvalue weighted by molar-refractivity contribution is 5.87. The van der Waals surface area contributed by atoms with Crippen LogP contribution in [0.4, 0.5) is 0 Å². The van der Waals surface area contributed by atoms with Gasteiger partial charge in [-0.05, 0) is 23.8 Å². The Morgan fingerprint density at radius 3 is 2.79 bits per heavy atom. The number of hydrogen-bond acceptors (Lipinski definition) is 3. The van der Waals surface area contributed by atoms with Crippen LogP contribution < -0.4 is 4.74 Å². The second-order valence-corrected chi connectivity index (χ2v) is 2.59. The van der Waals surface area contributed by atoms with Crippen molar-refractivity contribution in [2.24, 2.45) is 0 Å². The maximum Gasteiger partial charge on any atom is 0.169 e. The van der Waals surface area contributed by atoms with Crippen LogP contribution >= 0.6 is 0 Å². The van der Waals surface area contributed by atoms with Gasteiger partial charge in [-0.2, -0.15) is 0 Å². The molecule has 1 aromatic carbocycles. The summed E-state index contributed by atoms with van der Waals surface area (Å²) in [7, 11) is 1.42. The van der Waals surface area contributed by atoms with E-state index in [9.17, 15) is 9.90 Å². The fourth-order valence-corrected chi connectivity index (χ4v) is 1.13. The SMILES string of the molecule is C=C=Cc1ccc(OC)c(O)c1C=O. The van der Waals surface area contributed by atoms with Crippen molar-refractivity contribution in [1.82, 2.24) is 0 Å². The number of carbonyl (C=O) groups is 1. The number of ether oxygens (including phenoxy) is 1. The molecule has 3 heteroatoms. The molecule has 0 radical (unpaired) electrons. The van der Waals surface area contributed by atoms with E-state index < -0.39 is 0 Å². The van der Waals surface area contributed by atoms with E-state index in [2.05, 4.69) is 12.3 Å². The van der Waals surface area contributed by atoms with Crippen molar-refractivity contribution in [3.8, 4) is 11.5 Å². The third-order valence-corrected chi connectivity index (χ3v) is 1.81. The summed E-state index contributed by atoms with van der Waals surface area (Å²) in [5.74, 6) is 0.111. The molecule has 72 valence electrons. The first kappa shape index (κ1) is 10.1. The van der Waals surface area contributed by atoms with Crippen molar-refractivity contribution in [3.05, 3.63) is 35.6 Å². The highest BCUT2D eigenvalue weighted by Gasteiger charge is 2.10. The van der Waals surface area contributed by atoms with E-state index in [0.29, 0.717) is 11.8 Å². The normalized spacial score (nSPS) is 8.93. The van der Waals surface area contributed by atoms with Gasteiger partial charge in [0, 0.05) is 0 Å². The molecule has 0 heterocycles. The number of rotatable bonds is 3. The highest BCUT2D eigenvalue weighted by Crippen LogP contribution is 2.31. The number of benzene rings is 1. The third kappa shape index (κ3) is 1.68. The molecule has 0 aromatic heterocycles. The van der Waals surface area contributed by atoms with Crippen molar-refractivity contribution in [2.45, 2.75) is 0 Å². The zero-order chi connectivity index (χ0) is 10.6. The highest BCUT2D eigenvalue weighted by atomic mass is 16.5. The van der Waals surface area contributed by atoms with E-state index in [1.807, 2.05) is 0 Å². The van der Waals surface area contributed by atoms with Crippen LogP contribution in [0.25, 0.3) is 6.08 Å². The molecule has 0 spiro atoms. The number of phenolic OH excluding ortho intramolecular Hbond substituents is 1. The van der Waals surface area contributed by atoms with Gasteiger partial charge in [-0.25, -0.2) is 0 Å². The molecule has 3 nitrogen and oxygen atoms in total. The number of aromatic hydroxyl groups is 1. The summed E-state index contributed by atoms with van der Waals surface area (Å²) >= 11 is 0. The largest absolute Gasteiger partial charge is 0.504 e. The van der Waals surface area contributed by atoms with E-state index in [1.165, 1.54) is 13.2 Å². The molecule has 1 N–H and O–H groups in total. The van der Waals surface area contributed by atoms with Crippen LogP contribution in [0, 0.1) is 0 Å². The second kappa shape index (κ2) is 4.30. The van der Waals surface area contributed by atoms with Gasteiger partial charge in [-0.1, -0.05) is 6.58 Å². The average Bonchev–Trinajstić information content (AvgIpc) is 2.19. The Kier molecular flexibility index (Phi) is 3.10. The molecular weight excluding hydrogens is 180 g/mol. The van der Waals surface area contributed by atoms with Crippen molar-refractivity contribution in [3.63, 3.8) is 0 Å². The summed E-state index contributed by atoms with van der Waals surface area (Å²) in [6.07, 6.45) is 2.09.